The summed E-state index contributed by atoms with van der Waals surface area (Å²) in [7, 11) is 0. The highest BCUT2D eigenvalue weighted by Crippen LogP contribution is 2.39. The lowest BCUT2D eigenvalue weighted by Crippen LogP contribution is -2.53. The van der Waals surface area contributed by atoms with E-state index in [-0.39, 0.29) is 17.7 Å². The molecule has 0 fully saturated rings. The topological polar surface area (TPSA) is 61.4 Å². The molecule has 3 aromatic carbocycles. The molecule has 4 rings (SSSR count). The van der Waals surface area contributed by atoms with E-state index in [1.54, 1.807) is 6.92 Å². The zero-order valence-corrected chi connectivity index (χ0v) is 18.3. The number of hydrogen-bond donors (Lipinski definition) is 2. The Morgan fingerprint density at radius 1 is 0.969 bits per heavy atom. The van der Waals surface area contributed by atoms with Crippen LogP contribution in [0.5, 0.6) is 0 Å². The van der Waals surface area contributed by atoms with E-state index in [1.165, 1.54) is 5.01 Å². The van der Waals surface area contributed by atoms with Crippen molar-refractivity contribution in [2.75, 3.05) is 11.6 Å². The predicted octanol–water partition coefficient (Wildman–Crippen LogP) is 4.53. The largest absolute Gasteiger partial charge is 0.303 e. The van der Waals surface area contributed by atoms with Crippen molar-refractivity contribution in [3.63, 3.8) is 0 Å². The molecule has 3 aromatic rings. The predicted molar refractivity (Wildman–Crippen MR) is 129 cm³/mol. The van der Waals surface area contributed by atoms with Gasteiger partial charge in [-0.2, -0.15) is 0 Å². The molecule has 5 heteroatoms. The van der Waals surface area contributed by atoms with E-state index in [9.17, 15) is 9.59 Å². The van der Waals surface area contributed by atoms with Crippen LogP contribution in [-0.2, 0) is 9.59 Å². The highest BCUT2D eigenvalue weighted by atomic mass is 16.2. The maximum Gasteiger partial charge on any atom is 0.255 e. The summed E-state index contributed by atoms with van der Waals surface area (Å²) in [5, 5.41) is 4.59. The van der Waals surface area contributed by atoms with Crippen molar-refractivity contribution in [3.8, 4) is 11.1 Å². The average molecular weight is 426 g/mol. The molecular weight excluding hydrogens is 398 g/mol. The van der Waals surface area contributed by atoms with Crippen LogP contribution in [-0.4, -0.2) is 24.4 Å². The Bertz CT molecular complexity index is 1140. The normalized spacial score (nSPS) is 16.2. The number of fused-ring (bicyclic) bond motifs is 3. The summed E-state index contributed by atoms with van der Waals surface area (Å²) in [5.74, 6) is -0.803. The van der Waals surface area contributed by atoms with E-state index in [0.717, 1.165) is 22.3 Å². The smallest absolute Gasteiger partial charge is 0.255 e. The molecule has 0 bridgehead atoms. The van der Waals surface area contributed by atoms with Crippen molar-refractivity contribution in [3.05, 3.63) is 96.1 Å². The van der Waals surface area contributed by atoms with E-state index >= 15 is 0 Å². The summed E-state index contributed by atoms with van der Waals surface area (Å²) < 4.78 is 0. The third kappa shape index (κ3) is 4.48. The summed E-state index contributed by atoms with van der Waals surface area (Å²) in [6.07, 6.45) is 3.98. The summed E-state index contributed by atoms with van der Waals surface area (Å²) in [6.45, 7) is 4.20. The molecule has 32 heavy (non-hydrogen) atoms. The van der Waals surface area contributed by atoms with E-state index in [0.29, 0.717) is 12.2 Å². The fraction of sp³-hybridized carbons (Fsp3) is 0.185. The first-order valence-corrected chi connectivity index (χ1v) is 10.8. The molecule has 0 saturated heterocycles. The summed E-state index contributed by atoms with van der Waals surface area (Å²) >= 11 is 0. The van der Waals surface area contributed by atoms with Gasteiger partial charge in [0.25, 0.3) is 11.8 Å². The number of anilines is 1. The van der Waals surface area contributed by atoms with Crippen LogP contribution >= 0.6 is 0 Å². The molecule has 0 aliphatic carbocycles. The van der Waals surface area contributed by atoms with Crippen LogP contribution in [0.3, 0.4) is 0 Å². The molecule has 5 nitrogen and oxygen atoms in total. The Hall–Kier alpha value is -3.70. The van der Waals surface area contributed by atoms with Gasteiger partial charge in [-0.05, 0) is 36.6 Å². The standard InChI is InChI=1S/C27H27N3O2/c1-19-22-14-6-7-15-23(22)24-16-8-9-17-25(24)30(27(19)32)29-26(31)20(2)28-18-10-13-21-11-4-3-5-12-21/h3-17,19-20,28H,18H2,1-2H3,(H,29,31)/b13-10+/t19?,20-/m0/s1. The quantitative estimate of drug-likeness (QED) is 0.610. The van der Waals surface area contributed by atoms with Crippen LogP contribution in [0.2, 0.25) is 0 Å². The Morgan fingerprint density at radius 2 is 1.62 bits per heavy atom. The van der Waals surface area contributed by atoms with Crippen LogP contribution < -0.4 is 15.8 Å². The van der Waals surface area contributed by atoms with Crippen LogP contribution in [0.15, 0.2) is 84.9 Å². The highest BCUT2D eigenvalue weighted by molar-refractivity contribution is 6.06. The third-order valence-electron chi connectivity index (χ3n) is 5.72. The first kappa shape index (κ1) is 21.5. The highest BCUT2D eigenvalue weighted by Gasteiger charge is 2.32. The Balaban J connectivity index is 1.49. The zero-order chi connectivity index (χ0) is 22.5. The van der Waals surface area contributed by atoms with Gasteiger partial charge in [0.05, 0.1) is 17.6 Å². The summed E-state index contributed by atoms with van der Waals surface area (Å²) in [5.41, 5.74) is 7.52. The van der Waals surface area contributed by atoms with Gasteiger partial charge in [-0.3, -0.25) is 15.0 Å². The number of benzene rings is 3. The minimum Gasteiger partial charge on any atom is -0.303 e. The van der Waals surface area contributed by atoms with Crippen LogP contribution in [0.25, 0.3) is 17.2 Å². The van der Waals surface area contributed by atoms with Gasteiger partial charge in [-0.25, -0.2) is 5.01 Å². The van der Waals surface area contributed by atoms with Crippen molar-refractivity contribution in [2.24, 2.45) is 0 Å². The maximum atomic E-state index is 13.3. The van der Waals surface area contributed by atoms with Crippen molar-refractivity contribution >= 4 is 23.6 Å². The second-order valence-corrected chi connectivity index (χ2v) is 7.92. The molecule has 2 N–H and O–H groups in total. The number of hydrogen-bond acceptors (Lipinski definition) is 3. The average Bonchev–Trinajstić information content (AvgIpc) is 2.92. The van der Waals surface area contributed by atoms with Gasteiger partial charge >= 0.3 is 0 Å². The van der Waals surface area contributed by atoms with Crippen molar-refractivity contribution in [1.29, 1.82) is 0 Å². The Kier molecular flexibility index (Phi) is 6.47. The molecule has 2 atom stereocenters. The van der Waals surface area contributed by atoms with Crippen LogP contribution in [0, 0.1) is 0 Å². The fourth-order valence-electron chi connectivity index (χ4n) is 3.88. The monoisotopic (exact) mass is 425 g/mol. The Labute approximate surface area is 188 Å². The third-order valence-corrected chi connectivity index (χ3v) is 5.72. The molecular formula is C27H27N3O2. The molecule has 1 aliphatic heterocycles. The molecule has 1 unspecified atom stereocenters. The minimum atomic E-state index is -0.476. The molecule has 162 valence electrons. The van der Waals surface area contributed by atoms with E-state index in [1.807, 2.05) is 97.9 Å². The number of para-hydroxylation sites is 1. The second-order valence-electron chi connectivity index (χ2n) is 7.92. The number of nitrogens with one attached hydrogen (secondary N) is 2. The first-order valence-electron chi connectivity index (χ1n) is 10.8. The molecule has 1 aliphatic rings. The molecule has 1 heterocycles. The van der Waals surface area contributed by atoms with Crippen molar-refractivity contribution < 1.29 is 9.59 Å². The lowest BCUT2D eigenvalue weighted by Gasteiger charge is -2.26. The van der Waals surface area contributed by atoms with Gasteiger partial charge in [0.2, 0.25) is 0 Å². The van der Waals surface area contributed by atoms with E-state index < -0.39 is 6.04 Å². The van der Waals surface area contributed by atoms with E-state index in [2.05, 4.69) is 10.7 Å². The van der Waals surface area contributed by atoms with Gasteiger partial charge in [-0.1, -0.05) is 84.9 Å². The van der Waals surface area contributed by atoms with Crippen molar-refractivity contribution in [2.45, 2.75) is 25.8 Å². The molecule has 0 radical (unpaired) electrons. The minimum absolute atomic E-state index is 0.160. The SMILES string of the molecule is CC1C(=O)N(NC(=O)[C@H](C)NC/C=C/c2ccccc2)c2ccccc2-c2ccccc21. The lowest BCUT2D eigenvalue weighted by molar-refractivity contribution is -0.127. The molecule has 2 amide bonds. The van der Waals surface area contributed by atoms with Gasteiger partial charge in [0.1, 0.15) is 0 Å². The number of carbonyl (C=O) groups excluding carboxylic acids is 2. The van der Waals surface area contributed by atoms with Gasteiger partial charge in [0, 0.05) is 12.1 Å². The van der Waals surface area contributed by atoms with Crippen molar-refractivity contribution in [1.82, 2.24) is 10.7 Å². The number of amides is 2. The summed E-state index contributed by atoms with van der Waals surface area (Å²) in [6, 6.07) is 25.1. The fourth-order valence-corrected chi connectivity index (χ4v) is 3.88. The van der Waals surface area contributed by atoms with Gasteiger partial charge in [-0.15, -0.1) is 0 Å². The Morgan fingerprint density at radius 3 is 2.41 bits per heavy atom. The maximum absolute atomic E-state index is 13.3. The van der Waals surface area contributed by atoms with Crippen LogP contribution in [0.4, 0.5) is 5.69 Å². The molecule has 0 aromatic heterocycles. The number of rotatable bonds is 6. The number of carbonyl (C=O) groups is 2. The second kappa shape index (κ2) is 9.62. The van der Waals surface area contributed by atoms with Gasteiger partial charge in [0.15, 0.2) is 0 Å². The van der Waals surface area contributed by atoms with Gasteiger partial charge < -0.3 is 5.32 Å². The molecule has 0 saturated carbocycles. The number of hydrazine groups is 1. The molecule has 0 spiro atoms. The summed E-state index contributed by atoms with van der Waals surface area (Å²) in [4.78, 5) is 26.3. The van der Waals surface area contributed by atoms with Crippen LogP contribution in [0.1, 0.15) is 30.9 Å². The number of nitrogens with zero attached hydrogens (tertiary/aromatic N) is 1. The zero-order valence-electron chi connectivity index (χ0n) is 18.3. The first-order chi connectivity index (χ1) is 15.6. The van der Waals surface area contributed by atoms with E-state index in [4.69, 9.17) is 0 Å². The lowest BCUT2D eigenvalue weighted by atomic mass is 9.92.